The highest BCUT2D eigenvalue weighted by atomic mass is 19.4. The largest absolute Gasteiger partial charge is 0.481 e. The van der Waals surface area contributed by atoms with Crippen molar-refractivity contribution in [3.8, 4) is 0 Å². The van der Waals surface area contributed by atoms with Crippen LogP contribution in [0.5, 0.6) is 0 Å². The Morgan fingerprint density at radius 3 is 2.37 bits per heavy atom. The summed E-state index contributed by atoms with van der Waals surface area (Å²) in [4.78, 5) is 16.4. The van der Waals surface area contributed by atoms with Crippen molar-refractivity contribution in [2.45, 2.75) is 19.0 Å². The Kier molecular flexibility index (Phi) is 3.64. The summed E-state index contributed by atoms with van der Waals surface area (Å²) in [7, 11) is 0. The number of rotatable bonds is 2. The molecule has 104 valence electrons. The number of carboxylic acid groups (broad SMARTS) is 1. The molecule has 2 heterocycles. The fourth-order valence-electron chi connectivity index (χ4n) is 2.10. The van der Waals surface area contributed by atoms with Crippen molar-refractivity contribution in [1.82, 2.24) is 4.98 Å². The molecule has 0 atom stereocenters. The fourth-order valence-corrected chi connectivity index (χ4v) is 2.10. The van der Waals surface area contributed by atoms with E-state index in [-0.39, 0.29) is 5.92 Å². The molecule has 0 amide bonds. The molecule has 0 spiro atoms. The van der Waals surface area contributed by atoms with E-state index in [1.807, 2.05) is 0 Å². The Bertz CT molecular complexity index is 451. The minimum Gasteiger partial charge on any atom is -0.481 e. The molecule has 1 aromatic heterocycles. The lowest BCUT2D eigenvalue weighted by Crippen LogP contribution is -2.36. The van der Waals surface area contributed by atoms with E-state index in [4.69, 9.17) is 5.11 Å². The Hall–Kier alpha value is -1.79. The van der Waals surface area contributed by atoms with Gasteiger partial charge in [0.05, 0.1) is 11.5 Å². The fraction of sp³-hybridized carbons (Fsp3) is 0.500. The van der Waals surface area contributed by atoms with Crippen molar-refractivity contribution < 1.29 is 23.1 Å². The Balaban J connectivity index is 2.02. The van der Waals surface area contributed by atoms with E-state index in [9.17, 15) is 18.0 Å². The number of nitrogens with zero attached hydrogens (tertiary/aromatic N) is 2. The summed E-state index contributed by atoms with van der Waals surface area (Å²) in [5.74, 6) is -0.734. The van der Waals surface area contributed by atoms with E-state index in [2.05, 4.69) is 4.98 Å². The van der Waals surface area contributed by atoms with Crippen LogP contribution in [0.4, 0.5) is 19.0 Å². The molecule has 0 bridgehead atoms. The summed E-state index contributed by atoms with van der Waals surface area (Å²) < 4.78 is 37.1. The number of aromatic nitrogens is 1. The molecule has 4 nitrogen and oxygen atoms in total. The average molecular weight is 274 g/mol. The first-order valence-electron chi connectivity index (χ1n) is 5.89. The van der Waals surface area contributed by atoms with Crippen molar-refractivity contribution in [3.63, 3.8) is 0 Å². The van der Waals surface area contributed by atoms with Crippen LogP contribution in [0.25, 0.3) is 0 Å². The average Bonchev–Trinajstić information content (AvgIpc) is 2.38. The molecule has 2 rings (SSSR count). The van der Waals surface area contributed by atoms with Gasteiger partial charge in [-0.25, -0.2) is 4.98 Å². The van der Waals surface area contributed by atoms with Crippen LogP contribution >= 0.6 is 0 Å². The highest BCUT2D eigenvalue weighted by Crippen LogP contribution is 2.30. The van der Waals surface area contributed by atoms with Gasteiger partial charge >= 0.3 is 12.1 Å². The maximum Gasteiger partial charge on any atom is 0.417 e. The zero-order valence-corrected chi connectivity index (χ0v) is 10.0. The molecule has 0 unspecified atom stereocenters. The minimum atomic E-state index is -4.39. The van der Waals surface area contributed by atoms with E-state index in [1.165, 1.54) is 6.07 Å². The predicted octanol–water partition coefficient (Wildman–Crippen LogP) is 2.40. The van der Waals surface area contributed by atoms with Gasteiger partial charge < -0.3 is 10.0 Å². The standard InChI is InChI=1S/C12H13F3N2O2/c13-12(14,15)9-1-2-10(16-7-9)17-5-3-8(4-6-17)11(18)19/h1-2,7-8H,3-6H2,(H,18,19). The summed E-state index contributed by atoms with van der Waals surface area (Å²) in [5.41, 5.74) is -0.781. The van der Waals surface area contributed by atoms with Gasteiger partial charge in [-0.3, -0.25) is 4.79 Å². The van der Waals surface area contributed by atoms with E-state index in [1.54, 1.807) is 4.90 Å². The number of piperidine rings is 1. The van der Waals surface area contributed by atoms with E-state index in [0.717, 1.165) is 12.3 Å². The van der Waals surface area contributed by atoms with Crippen LogP contribution < -0.4 is 4.90 Å². The van der Waals surface area contributed by atoms with Crippen molar-refractivity contribution in [2.24, 2.45) is 5.92 Å². The van der Waals surface area contributed by atoms with Crippen LogP contribution in [0.15, 0.2) is 18.3 Å². The number of alkyl halides is 3. The third-order valence-corrected chi connectivity index (χ3v) is 3.24. The van der Waals surface area contributed by atoms with Gasteiger partial charge in [-0.05, 0) is 25.0 Å². The van der Waals surface area contributed by atoms with Crippen LogP contribution in [0.1, 0.15) is 18.4 Å². The molecule has 0 saturated carbocycles. The van der Waals surface area contributed by atoms with Crippen LogP contribution in [-0.2, 0) is 11.0 Å². The first-order chi connectivity index (χ1) is 8.88. The zero-order valence-electron chi connectivity index (χ0n) is 10.0. The van der Waals surface area contributed by atoms with Gasteiger partial charge in [-0.1, -0.05) is 0 Å². The first kappa shape index (κ1) is 13.6. The van der Waals surface area contributed by atoms with Gasteiger partial charge in [0.2, 0.25) is 0 Å². The SMILES string of the molecule is O=C(O)C1CCN(c2ccc(C(F)(F)F)cn2)CC1. The summed E-state index contributed by atoms with van der Waals surface area (Å²) >= 11 is 0. The second kappa shape index (κ2) is 5.07. The summed E-state index contributed by atoms with van der Waals surface area (Å²) in [5, 5.41) is 8.86. The van der Waals surface area contributed by atoms with Gasteiger partial charge in [0.25, 0.3) is 0 Å². The number of aliphatic carboxylic acids is 1. The van der Waals surface area contributed by atoms with Crippen LogP contribution in [0, 0.1) is 5.92 Å². The number of pyridine rings is 1. The molecule has 0 aliphatic carbocycles. The summed E-state index contributed by atoms with van der Waals surface area (Å²) in [6.45, 7) is 0.991. The van der Waals surface area contributed by atoms with Crippen molar-refractivity contribution in [1.29, 1.82) is 0 Å². The smallest absolute Gasteiger partial charge is 0.417 e. The Morgan fingerprint density at radius 1 is 1.32 bits per heavy atom. The van der Waals surface area contributed by atoms with Gasteiger partial charge in [0, 0.05) is 19.3 Å². The second-order valence-corrected chi connectivity index (χ2v) is 4.50. The highest BCUT2D eigenvalue weighted by Gasteiger charge is 2.31. The van der Waals surface area contributed by atoms with Crippen LogP contribution in [-0.4, -0.2) is 29.1 Å². The molecular formula is C12H13F3N2O2. The number of carbonyl (C=O) groups is 1. The Labute approximate surface area is 107 Å². The van der Waals surface area contributed by atoms with E-state index >= 15 is 0 Å². The topological polar surface area (TPSA) is 53.4 Å². The molecule has 1 saturated heterocycles. The molecule has 19 heavy (non-hydrogen) atoms. The number of hydrogen-bond acceptors (Lipinski definition) is 3. The van der Waals surface area contributed by atoms with Crippen molar-refractivity contribution >= 4 is 11.8 Å². The van der Waals surface area contributed by atoms with Gasteiger partial charge in [-0.15, -0.1) is 0 Å². The highest BCUT2D eigenvalue weighted by molar-refractivity contribution is 5.70. The Morgan fingerprint density at radius 2 is 1.95 bits per heavy atom. The van der Waals surface area contributed by atoms with Crippen LogP contribution in [0.3, 0.4) is 0 Å². The van der Waals surface area contributed by atoms with E-state index in [0.29, 0.717) is 31.7 Å². The molecule has 0 radical (unpaired) electrons. The maximum absolute atomic E-state index is 12.4. The van der Waals surface area contributed by atoms with Crippen molar-refractivity contribution in [3.05, 3.63) is 23.9 Å². The minimum absolute atomic E-state index is 0.370. The monoisotopic (exact) mass is 274 g/mol. The number of carboxylic acids is 1. The molecule has 0 aromatic carbocycles. The lowest BCUT2D eigenvalue weighted by molar-refractivity contribution is -0.142. The zero-order chi connectivity index (χ0) is 14.0. The molecule has 1 fully saturated rings. The quantitative estimate of drug-likeness (QED) is 0.899. The lowest BCUT2D eigenvalue weighted by atomic mass is 9.97. The van der Waals surface area contributed by atoms with Gasteiger partial charge in [0.15, 0.2) is 0 Å². The summed E-state index contributed by atoms with van der Waals surface area (Å²) in [6.07, 6.45) is -2.61. The number of hydrogen-bond donors (Lipinski definition) is 1. The first-order valence-corrected chi connectivity index (χ1v) is 5.89. The maximum atomic E-state index is 12.4. The third-order valence-electron chi connectivity index (χ3n) is 3.24. The summed E-state index contributed by atoms with van der Waals surface area (Å²) in [6, 6.07) is 2.32. The second-order valence-electron chi connectivity index (χ2n) is 4.50. The lowest BCUT2D eigenvalue weighted by Gasteiger charge is -2.31. The van der Waals surface area contributed by atoms with Crippen LogP contribution in [0.2, 0.25) is 0 Å². The normalized spacial score (nSPS) is 17.5. The number of halogens is 3. The molecule has 1 aromatic rings. The number of anilines is 1. The third kappa shape index (κ3) is 3.15. The molecule has 1 aliphatic rings. The molecular weight excluding hydrogens is 261 g/mol. The molecule has 7 heteroatoms. The predicted molar refractivity (Wildman–Crippen MR) is 61.8 cm³/mol. The van der Waals surface area contributed by atoms with Crippen molar-refractivity contribution in [2.75, 3.05) is 18.0 Å². The molecule has 1 N–H and O–H groups in total. The van der Waals surface area contributed by atoms with Gasteiger partial charge in [-0.2, -0.15) is 13.2 Å². The molecule has 1 aliphatic heterocycles. The van der Waals surface area contributed by atoms with Gasteiger partial charge in [0.1, 0.15) is 5.82 Å². The van der Waals surface area contributed by atoms with E-state index < -0.39 is 17.7 Å².